The summed E-state index contributed by atoms with van der Waals surface area (Å²) in [7, 11) is 0. The fourth-order valence-corrected chi connectivity index (χ4v) is 6.88. The number of benzene rings is 3. The average Bonchev–Trinajstić information content (AvgIpc) is 3.71. The van der Waals surface area contributed by atoms with Crippen LogP contribution in [0.2, 0.25) is 0 Å². The van der Waals surface area contributed by atoms with Crippen LogP contribution in [0.1, 0.15) is 43.2 Å². The Bertz CT molecular complexity index is 1670. The number of carboxylic acids is 2. The first kappa shape index (κ1) is 32.6. The highest BCUT2D eigenvalue weighted by molar-refractivity contribution is 7.22. The molecule has 2 saturated heterocycles. The fourth-order valence-electron chi connectivity index (χ4n) is 5.65. The van der Waals surface area contributed by atoms with Crippen LogP contribution in [0.5, 0.6) is 5.75 Å². The molecule has 46 heavy (non-hydrogen) atoms. The molecule has 2 fully saturated rings. The van der Waals surface area contributed by atoms with Crippen molar-refractivity contribution in [1.82, 2.24) is 10.2 Å². The summed E-state index contributed by atoms with van der Waals surface area (Å²) in [6.07, 6.45) is 5.34. The number of aliphatic carboxylic acids is 2. The van der Waals surface area contributed by atoms with Gasteiger partial charge in [-0.15, -0.1) is 11.3 Å². The number of carboxylic acid groups (broad SMARTS) is 2. The largest absolute Gasteiger partial charge is 0.492 e. The monoisotopic (exact) mass is 643 g/mol. The quantitative estimate of drug-likeness (QED) is 0.178. The van der Waals surface area contributed by atoms with Crippen LogP contribution in [0.4, 0.5) is 5.69 Å². The van der Waals surface area contributed by atoms with Crippen LogP contribution in [0, 0.1) is 0 Å². The highest BCUT2D eigenvalue weighted by atomic mass is 32.1. The predicted molar refractivity (Wildman–Crippen MR) is 177 cm³/mol. The van der Waals surface area contributed by atoms with Gasteiger partial charge >= 0.3 is 11.9 Å². The zero-order chi connectivity index (χ0) is 32.5. The number of likely N-dealkylation sites (tertiary alicyclic amines) is 1. The highest BCUT2D eigenvalue weighted by Crippen LogP contribution is 2.40. The summed E-state index contributed by atoms with van der Waals surface area (Å²) in [6, 6.07) is 24.6. The minimum atomic E-state index is -1.82. The summed E-state index contributed by atoms with van der Waals surface area (Å²) < 4.78 is 7.28. The second-order valence-corrected chi connectivity index (χ2v) is 12.4. The zero-order valence-electron chi connectivity index (χ0n) is 25.4. The molecular weight excluding hydrogens is 606 g/mol. The lowest BCUT2D eigenvalue weighted by Crippen LogP contribution is -2.46. The number of fused-ring (bicyclic) bond motifs is 1. The molecule has 240 valence electrons. The maximum atomic E-state index is 12.7. The molecule has 0 saturated carbocycles. The minimum Gasteiger partial charge on any atom is -0.492 e. The van der Waals surface area contributed by atoms with Crippen molar-refractivity contribution in [2.24, 2.45) is 0 Å². The third-order valence-electron chi connectivity index (χ3n) is 8.02. The van der Waals surface area contributed by atoms with Crippen LogP contribution in [0.15, 0.2) is 72.8 Å². The van der Waals surface area contributed by atoms with Gasteiger partial charge in [0.05, 0.1) is 0 Å². The van der Waals surface area contributed by atoms with E-state index in [9.17, 15) is 9.59 Å². The minimum absolute atomic E-state index is 0.0567. The van der Waals surface area contributed by atoms with E-state index >= 15 is 0 Å². The van der Waals surface area contributed by atoms with Crippen LogP contribution in [-0.2, 0) is 25.6 Å². The van der Waals surface area contributed by atoms with Crippen molar-refractivity contribution in [2.45, 2.75) is 44.6 Å². The number of anilines is 1. The number of amides is 2. The van der Waals surface area contributed by atoms with Crippen LogP contribution in [-0.4, -0.2) is 71.1 Å². The van der Waals surface area contributed by atoms with Gasteiger partial charge < -0.3 is 25.6 Å². The Morgan fingerprint density at radius 2 is 1.61 bits per heavy atom. The second kappa shape index (κ2) is 15.5. The first-order valence-electron chi connectivity index (χ1n) is 15.4. The second-order valence-electron chi connectivity index (χ2n) is 11.3. The van der Waals surface area contributed by atoms with E-state index in [1.807, 2.05) is 12.1 Å². The third-order valence-corrected chi connectivity index (χ3v) is 9.29. The van der Waals surface area contributed by atoms with E-state index in [4.69, 9.17) is 24.5 Å². The molecule has 0 unspecified atom stereocenters. The van der Waals surface area contributed by atoms with Crippen LogP contribution in [0.3, 0.4) is 0 Å². The SMILES string of the molecule is O=C(O)C(=O)O.O=C1CCC[C@@H](C(=O)Nc2ccc(-c3sc4ccccc4c3Cc3ccc(OCCN4CCCC4)cc3)cc2)N1. The molecule has 4 aromatic rings. The van der Waals surface area contributed by atoms with E-state index in [0.29, 0.717) is 12.8 Å². The van der Waals surface area contributed by atoms with Gasteiger partial charge in [-0.1, -0.05) is 42.5 Å². The average molecular weight is 644 g/mol. The number of hydrogen-bond donors (Lipinski definition) is 4. The zero-order valence-corrected chi connectivity index (χ0v) is 26.2. The molecule has 0 bridgehead atoms. The predicted octanol–water partition coefficient (Wildman–Crippen LogP) is 5.40. The van der Waals surface area contributed by atoms with Gasteiger partial charge in [0.15, 0.2) is 0 Å². The van der Waals surface area contributed by atoms with E-state index in [1.165, 1.54) is 52.0 Å². The van der Waals surface area contributed by atoms with Crippen LogP contribution >= 0.6 is 11.3 Å². The number of carbonyl (C=O) groups is 4. The van der Waals surface area contributed by atoms with E-state index in [-0.39, 0.29) is 11.8 Å². The molecule has 11 heteroatoms. The molecule has 0 spiro atoms. The van der Waals surface area contributed by atoms with Crippen molar-refractivity contribution in [2.75, 3.05) is 31.6 Å². The molecule has 0 aliphatic carbocycles. The lowest BCUT2D eigenvalue weighted by atomic mass is 9.98. The van der Waals surface area contributed by atoms with E-state index in [0.717, 1.165) is 43.0 Å². The molecule has 0 radical (unpaired) electrons. The summed E-state index contributed by atoms with van der Waals surface area (Å²) >= 11 is 1.80. The van der Waals surface area contributed by atoms with Gasteiger partial charge in [-0.2, -0.15) is 0 Å². The molecule has 1 atom stereocenters. The molecular formula is C35H37N3O7S. The maximum absolute atomic E-state index is 12.7. The van der Waals surface area contributed by atoms with Gasteiger partial charge in [0, 0.05) is 28.2 Å². The Kier molecular flexibility index (Phi) is 11.0. The van der Waals surface area contributed by atoms with Crippen molar-refractivity contribution in [3.8, 4) is 16.2 Å². The Labute approximate surface area is 271 Å². The van der Waals surface area contributed by atoms with Gasteiger partial charge in [0.1, 0.15) is 18.4 Å². The third kappa shape index (κ3) is 8.70. The van der Waals surface area contributed by atoms with Crippen molar-refractivity contribution < 1.29 is 34.1 Å². The first-order valence-corrected chi connectivity index (χ1v) is 16.2. The van der Waals surface area contributed by atoms with Crippen LogP contribution in [0.25, 0.3) is 20.5 Å². The summed E-state index contributed by atoms with van der Waals surface area (Å²) in [5.41, 5.74) is 4.42. The van der Waals surface area contributed by atoms with E-state index in [2.05, 4.69) is 76.2 Å². The van der Waals surface area contributed by atoms with Crippen molar-refractivity contribution in [3.05, 3.63) is 83.9 Å². The van der Waals surface area contributed by atoms with Gasteiger partial charge in [-0.05, 0) is 97.6 Å². The van der Waals surface area contributed by atoms with Gasteiger partial charge in [-0.3, -0.25) is 14.5 Å². The molecule has 3 aromatic carbocycles. The molecule has 10 nitrogen and oxygen atoms in total. The number of nitrogens with one attached hydrogen (secondary N) is 2. The molecule has 3 heterocycles. The lowest BCUT2D eigenvalue weighted by Gasteiger charge is -2.22. The number of ether oxygens (including phenoxy) is 1. The number of piperidine rings is 1. The normalized spacial score (nSPS) is 16.3. The molecule has 2 amide bonds. The maximum Gasteiger partial charge on any atom is 0.414 e. The van der Waals surface area contributed by atoms with Crippen molar-refractivity contribution in [1.29, 1.82) is 0 Å². The van der Waals surface area contributed by atoms with Gasteiger partial charge in [0.25, 0.3) is 0 Å². The topological polar surface area (TPSA) is 145 Å². The summed E-state index contributed by atoms with van der Waals surface area (Å²) in [5.74, 6) is -2.95. The molecule has 2 aliphatic heterocycles. The van der Waals surface area contributed by atoms with Crippen molar-refractivity contribution >= 4 is 50.9 Å². The molecule has 4 N–H and O–H groups in total. The fraction of sp³-hybridized carbons (Fsp3) is 0.314. The number of rotatable bonds is 9. The summed E-state index contributed by atoms with van der Waals surface area (Å²) in [6.45, 7) is 4.10. The standard InChI is InChI=1S/C33H35N3O3S.C2H2O4/c37-31-9-5-7-29(35-31)33(38)34-25-14-12-24(13-15-25)32-28(27-6-1-2-8-30(27)40-32)22-23-10-16-26(17-11-23)39-21-20-36-18-3-4-19-36;3-1(4)2(5)6/h1-2,6,8,10-17,29H,3-5,7,9,18-22H2,(H,34,38)(H,35,37);(H,3,4)(H,5,6)/t29-;/m0./s1. The number of carbonyl (C=O) groups excluding carboxylic acids is 2. The molecule has 1 aromatic heterocycles. The Morgan fingerprint density at radius 3 is 2.28 bits per heavy atom. The molecule has 6 rings (SSSR count). The van der Waals surface area contributed by atoms with E-state index in [1.54, 1.807) is 11.3 Å². The van der Waals surface area contributed by atoms with E-state index < -0.39 is 18.0 Å². The Hall–Kier alpha value is -4.74. The summed E-state index contributed by atoms with van der Waals surface area (Å²) in [5, 5.41) is 21.8. The number of nitrogens with zero attached hydrogens (tertiary/aromatic N) is 1. The Balaban J connectivity index is 0.000000635. The lowest BCUT2D eigenvalue weighted by molar-refractivity contribution is -0.159. The number of thiophene rings is 1. The molecule has 2 aliphatic rings. The Morgan fingerprint density at radius 1 is 0.913 bits per heavy atom. The van der Waals surface area contributed by atoms with Crippen molar-refractivity contribution in [3.63, 3.8) is 0 Å². The van der Waals surface area contributed by atoms with Gasteiger partial charge in [-0.25, -0.2) is 9.59 Å². The number of hydrogen-bond acceptors (Lipinski definition) is 7. The van der Waals surface area contributed by atoms with Gasteiger partial charge in [0.2, 0.25) is 11.8 Å². The van der Waals surface area contributed by atoms with Crippen LogP contribution < -0.4 is 15.4 Å². The highest BCUT2D eigenvalue weighted by Gasteiger charge is 2.24. The first-order chi connectivity index (χ1) is 22.3. The smallest absolute Gasteiger partial charge is 0.414 e. The summed E-state index contributed by atoms with van der Waals surface area (Å²) in [4.78, 5) is 46.2.